The predicted octanol–water partition coefficient (Wildman–Crippen LogP) is 3.30. The molecule has 2 aliphatic heterocycles. The number of ether oxygens (including phenoxy) is 2. The van der Waals surface area contributed by atoms with Gasteiger partial charge in [0.1, 0.15) is 13.2 Å². The SMILES string of the molecule is NC(=O)C1CCN(c2oc(-c3cccc(Cl)c3)nc2S(=O)(=O)c2ccc3c(c2)OCCO3)CC1. The third-order valence-corrected chi connectivity index (χ3v) is 7.80. The van der Waals surface area contributed by atoms with Crippen molar-refractivity contribution in [1.82, 2.24) is 4.98 Å². The molecule has 0 unspecified atom stereocenters. The number of carbonyl (C=O) groups excluding carboxylic acids is 1. The van der Waals surface area contributed by atoms with Crippen LogP contribution in [0.1, 0.15) is 12.8 Å². The molecule has 0 bridgehead atoms. The molecule has 5 rings (SSSR count). The lowest BCUT2D eigenvalue weighted by molar-refractivity contribution is -0.122. The summed E-state index contributed by atoms with van der Waals surface area (Å²) in [5.74, 6) is 0.470. The Hall–Kier alpha value is -3.24. The number of sulfone groups is 1. The number of oxazole rings is 1. The van der Waals surface area contributed by atoms with Crippen LogP contribution in [0.3, 0.4) is 0 Å². The van der Waals surface area contributed by atoms with Gasteiger partial charge in [-0.25, -0.2) is 8.42 Å². The Labute approximate surface area is 201 Å². The summed E-state index contributed by atoms with van der Waals surface area (Å²) >= 11 is 6.12. The van der Waals surface area contributed by atoms with Gasteiger partial charge < -0.3 is 24.5 Å². The van der Waals surface area contributed by atoms with Crippen molar-refractivity contribution in [2.24, 2.45) is 11.7 Å². The van der Waals surface area contributed by atoms with Gasteiger partial charge in [-0.15, -0.1) is 0 Å². The van der Waals surface area contributed by atoms with E-state index in [1.165, 1.54) is 12.1 Å². The average molecular weight is 504 g/mol. The van der Waals surface area contributed by atoms with Gasteiger partial charge in [-0.1, -0.05) is 17.7 Å². The summed E-state index contributed by atoms with van der Waals surface area (Å²) in [6.07, 6.45) is 0.984. The maximum absolute atomic E-state index is 13.7. The first-order valence-electron chi connectivity index (χ1n) is 10.8. The van der Waals surface area contributed by atoms with Crippen molar-refractivity contribution in [2.75, 3.05) is 31.2 Å². The third-order valence-electron chi connectivity index (χ3n) is 5.91. The zero-order valence-electron chi connectivity index (χ0n) is 18.1. The molecule has 3 aromatic rings. The molecule has 34 heavy (non-hydrogen) atoms. The highest BCUT2D eigenvalue weighted by atomic mass is 35.5. The van der Waals surface area contributed by atoms with E-state index in [2.05, 4.69) is 4.98 Å². The van der Waals surface area contributed by atoms with Gasteiger partial charge in [0.05, 0.1) is 4.90 Å². The Morgan fingerprint density at radius 1 is 1.06 bits per heavy atom. The first kappa shape index (κ1) is 22.5. The molecule has 1 saturated heterocycles. The number of halogens is 1. The lowest BCUT2D eigenvalue weighted by Gasteiger charge is -2.30. The maximum Gasteiger partial charge on any atom is 0.236 e. The van der Waals surface area contributed by atoms with Crippen LogP contribution in [0, 0.1) is 5.92 Å². The van der Waals surface area contributed by atoms with E-state index in [-0.39, 0.29) is 33.5 Å². The smallest absolute Gasteiger partial charge is 0.236 e. The van der Waals surface area contributed by atoms with Crippen molar-refractivity contribution in [3.8, 4) is 23.0 Å². The molecule has 2 N–H and O–H groups in total. The molecule has 0 spiro atoms. The molecule has 3 heterocycles. The zero-order valence-corrected chi connectivity index (χ0v) is 19.6. The quantitative estimate of drug-likeness (QED) is 0.562. The fourth-order valence-corrected chi connectivity index (χ4v) is 5.61. The van der Waals surface area contributed by atoms with Gasteiger partial charge in [0.2, 0.25) is 32.5 Å². The molecule has 2 aromatic carbocycles. The standard InChI is InChI=1S/C23H22ClN3O6S/c24-16-3-1-2-15(12-16)21-26-22(23(33-21)27-8-6-14(7-9-27)20(25)28)34(29,30)17-4-5-18-19(13-17)32-11-10-31-18/h1-5,12-14H,6-11H2,(H2,25,28). The molecule has 2 aliphatic rings. The van der Waals surface area contributed by atoms with Gasteiger partial charge in [0.25, 0.3) is 0 Å². The van der Waals surface area contributed by atoms with Crippen LogP contribution in [0.2, 0.25) is 5.02 Å². The number of carbonyl (C=O) groups is 1. The van der Waals surface area contributed by atoms with Crippen molar-refractivity contribution < 1.29 is 27.1 Å². The largest absolute Gasteiger partial charge is 0.486 e. The molecular weight excluding hydrogens is 482 g/mol. The summed E-state index contributed by atoms with van der Waals surface area (Å²) in [7, 11) is -4.09. The number of benzene rings is 2. The Balaban J connectivity index is 1.58. The van der Waals surface area contributed by atoms with Crippen LogP contribution in [0.25, 0.3) is 11.5 Å². The second-order valence-electron chi connectivity index (χ2n) is 8.11. The van der Waals surface area contributed by atoms with Gasteiger partial charge >= 0.3 is 0 Å². The summed E-state index contributed by atoms with van der Waals surface area (Å²) in [5, 5.41) is 0.257. The number of anilines is 1. The van der Waals surface area contributed by atoms with E-state index in [9.17, 15) is 13.2 Å². The van der Waals surface area contributed by atoms with Crippen molar-refractivity contribution in [3.05, 3.63) is 47.5 Å². The summed E-state index contributed by atoms with van der Waals surface area (Å²) in [5.41, 5.74) is 6.00. The Kier molecular flexibility index (Phi) is 5.86. The number of fused-ring (bicyclic) bond motifs is 1. The minimum Gasteiger partial charge on any atom is -0.486 e. The summed E-state index contributed by atoms with van der Waals surface area (Å²) in [4.78, 5) is 17.8. The Morgan fingerprint density at radius 3 is 2.50 bits per heavy atom. The Bertz CT molecular complexity index is 1350. The number of nitrogens with two attached hydrogens (primary N) is 1. The van der Waals surface area contributed by atoms with Crippen LogP contribution >= 0.6 is 11.6 Å². The van der Waals surface area contributed by atoms with Crippen LogP contribution in [0.15, 0.2) is 56.8 Å². The lowest BCUT2D eigenvalue weighted by Crippen LogP contribution is -2.38. The Morgan fingerprint density at radius 2 is 1.79 bits per heavy atom. The van der Waals surface area contributed by atoms with E-state index in [1.807, 2.05) is 0 Å². The number of primary amides is 1. The van der Waals surface area contributed by atoms with Crippen molar-refractivity contribution >= 4 is 33.2 Å². The highest BCUT2D eigenvalue weighted by Crippen LogP contribution is 2.39. The van der Waals surface area contributed by atoms with E-state index in [0.717, 1.165) is 0 Å². The monoisotopic (exact) mass is 503 g/mol. The molecule has 1 aromatic heterocycles. The first-order chi connectivity index (χ1) is 16.3. The number of amides is 1. The number of hydrogen-bond acceptors (Lipinski definition) is 8. The minimum atomic E-state index is -4.09. The number of piperidine rings is 1. The van der Waals surface area contributed by atoms with Gasteiger partial charge in [0, 0.05) is 35.7 Å². The van der Waals surface area contributed by atoms with E-state index in [0.29, 0.717) is 61.2 Å². The molecule has 1 fully saturated rings. The topological polar surface area (TPSA) is 125 Å². The van der Waals surface area contributed by atoms with Crippen molar-refractivity contribution in [3.63, 3.8) is 0 Å². The van der Waals surface area contributed by atoms with Crippen LogP contribution in [-0.4, -0.2) is 45.6 Å². The van der Waals surface area contributed by atoms with Crippen LogP contribution in [0.5, 0.6) is 11.5 Å². The average Bonchev–Trinajstić information content (AvgIpc) is 3.30. The van der Waals surface area contributed by atoms with E-state index in [4.69, 9.17) is 31.2 Å². The van der Waals surface area contributed by atoms with Gasteiger partial charge in [-0.3, -0.25) is 4.79 Å². The fraction of sp³-hybridized carbons (Fsp3) is 0.304. The van der Waals surface area contributed by atoms with E-state index in [1.54, 1.807) is 35.2 Å². The third kappa shape index (κ3) is 4.19. The fourth-order valence-electron chi connectivity index (χ4n) is 4.09. The second-order valence-corrected chi connectivity index (χ2v) is 10.4. The number of aromatic nitrogens is 1. The molecule has 9 nitrogen and oxygen atoms in total. The maximum atomic E-state index is 13.7. The van der Waals surface area contributed by atoms with Crippen LogP contribution in [0.4, 0.5) is 5.88 Å². The second kappa shape index (κ2) is 8.84. The van der Waals surface area contributed by atoms with Crippen LogP contribution in [-0.2, 0) is 14.6 Å². The number of hydrogen-bond donors (Lipinski definition) is 1. The van der Waals surface area contributed by atoms with Gasteiger partial charge in [-0.2, -0.15) is 4.98 Å². The number of nitrogens with zero attached hydrogens (tertiary/aromatic N) is 2. The van der Waals surface area contributed by atoms with E-state index >= 15 is 0 Å². The highest BCUT2D eigenvalue weighted by Gasteiger charge is 2.34. The summed E-state index contributed by atoms with van der Waals surface area (Å²) < 4.78 is 44.5. The van der Waals surface area contributed by atoms with Crippen molar-refractivity contribution in [1.29, 1.82) is 0 Å². The molecular formula is C23H22ClN3O6S. The van der Waals surface area contributed by atoms with Gasteiger partial charge in [-0.05, 0) is 43.2 Å². The normalized spacial score (nSPS) is 16.4. The molecule has 178 valence electrons. The van der Waals surface area contributed by atoms with E-state index < -0.39 is 9.84 Å². The van der Waals surface area contributed by atoms with Crippen molar-refractivity contribution in [2.45, 2.75) is 22.8 Å². The summed E-state index contributed by atoms with van der Waals surface area (Å²) in [6, 6.07) is 11.3. The molecule has 0 aliphatic carbocycles. The molecule has 1 amide bonds. The highest BCUT2D eigenvalue weighted by molar-refractivity contribution is 7.91. The molecule has 11 heteroatoms. The lowest BCUT2D eigenvalue weighted by atomic mass is 9.96. The van der Waals surface area contributed by atoms with Crippen LogP contribution < -0.4 is 20.1 Å². The predicted molar refractivity (Wildman–Crippen MR) is 124 cm³/mol. The van der Waals surface area contributed by atoms with Gasteiger partial charge in [0.15, 0.2) is 11.5 Å². The molecule has 0 saturated carbocycles. The zero-order chi connectivity index (χ0) is 23.9. The summed E-state index contributed by atoms with van der Waals surface area (Å²) in [6.45, 7) is 1.54. The number of rotatable bonds is 5. The first-order valence-corrected chi connectivity index (χ1v) is 12.6. The molecule has 0 radical (unpaired) electrons. The minimum absolute atomic E-state index is 0.0102. The molecule has 0 atom stereocenters.